The highest BCUT2D eigenvalue weighted by molar-refractivity contribution is 7.11. The van der Waals surface area contributed by atoms with Gasteiger partial charge in [0.25, 0.3) is 0 Å². The second-order valence-electron chi connectivity index (χ2n) is 3.24. The van der Waals surface area contributed by atoms with Gasteiger partial charge in [0, 0.05) is 17.5 Å². The fraction of sp³-hybridized carbons (Fsp3) is 0.600. The highest BCUT2D eigenvalue weighted by Gasteiger charge is 2.16. The number of aromatic nitrogens is 1. The van der Waals surface area contributed by atoms with Gasteiger partial charge in [0.2, 0.25) is 0 Å². The van der Waals surface area contributed by atoms with Gasteiger partial charge in [-0.15, -0.1) is 11.3 Å². The predicted octanol–water partition coefficient (Wildman–Crippen LogP) is 3.15. The van der Waals surface area contributed by atoms with E-state index in [1.165, 1.54) is 11.3 Å². The summed E-state index contributed by atoms with van der Waals surface area (Å²) in [7, 11) is 0. The summed E-state index contributed by atoms with van der Waals surface area (Å²) in [5.41, 5.74) is 0. The number of unbranched alkanes of at least 4 members (excludes halogenated alkanes) is 1. The zero-order chi connectivity index (χ0) is 9.68. The molecule has 0 aromatic carbocycles. The summed E-state index contributed by atoms with van der Waals surface area (Å²) in [5.74, 6) is 0.328. The second kappa shape index (κ2) is 5.12. The Labute approximate surface area is 83.0 Å². The molecule has 0 amide bonds. The van der Waals surface area contributed by atoms with Crippen molar-refractivity contribution in [2.24, 2.45) is 5.92 Å². The Balaban J connectivity index is 2.48. The molecule has 13 heavy (non-hydrogen) atoms. The average Bonchev–Trinajstić information content (AvgIpc) is 2.65. The van der Waals surface area contributed by atoms with Crippen LogP contribution in [-0.4, -0.2) is 10.8 Å². The van der Waals surface area contributed by atoms with Crippen LogP contribution in [0, 0.1) is 5.92 Å². The monoisotopic (exact) mass is 197 g/mol. The van der Waals surface area contributed by atoms with Gasteiger partial charge in [-0.3, -0.25) is 4.79 Å². The number of hydrogen-bond acceptors (Lipinski definition) is 3. The normalized spacial score (nSPS) is 12.8. The first-order chi connectivity index (χ1) is 6.25. The predicted molar refractivity (Wildman–Crippen MR) is 55.1 cm³/mol. The van der Waals surface area contributed by atoms with Gasteiger partial charge < -0.3 is 0 Å². The SMILES string of the molecule is CCCCC(C)C(=O)c1nccs1. The molecule has 0 spiro atoms. The smallest absolute Gasteiger partial charge is 0.194 e. The fourth-order valence-corrected chi connectivity index (χ4v) is 1.89. The van der Waals surface area contributed by atoms with Crippen molar-refractivity contribution in [3.63, 3.8) is 0 Å². The molecule has 1 aromatic heterocycles. The zero-order valence-corrected chi connectivity index (χ0v) is 8.93. The van der Waals surface area contributed by atoms with Gasteiger partial charge in [-0.05, 0) is 6.42 Å². The number of rotatable bonds is 5. The number of thiazole rings is 1. The lowest BCUT2D eigenvalue weighted by Gasteiger charge is -2.06. The molecule has 0 aliphatic rings. The van der Waals surface area contributed by atoms with Crippen LogP contribution in [0.25, 0.3) is 0 Å². The maximum Gasteiger partial charge on any atom is 0.194 e. The van der Waals surface area contributed by atoms with Crippen molar-refractivity contribution < 1.29 is 4.79 Å². The Morgan fingerprint density at radius 1 is 1.69 bits per heavy atom. The van der Waals surface area contributed by atoms with E-state index in [2.05, 4.69) is 11.9 Å². The Morgan fingerprint density at radius 2 is 2.46 bits per heavy atom. The van der Waals surface area contributed by atoms with Crippen molar-refractivity contribution in [2.45, 2.75) is 33.1 Å². The highest BCUT2D eigenvalue weighted by Crippen LogP contribution is 2.16. The third-order valence-electron chi connectivity index (χ3n) is 2.08. The molecule has 72 valence electrons. The number of ketones is 1. The molecule has 3 heteroatoms. The third-order valence-corrected chi connectivity index (χ3v) is 2.87. The second-order valence-corrected chi connectivity index (χ2v) is 4.14. The molecular weight excluding hydrogens is 182 g/mol. The summed E-state index contributed by atoms with van der Waals surface area (Å²) in [4.78, 5) is 15.7. The van der Waals surface area contributed by atoms with Crippen molar-refractivity contribution in [1.29, 1.82) is 0 Å². The van der Waals surface area contributed by atoms with Crippen LogP contribution in [0.1, 0.15) is 42.9 Å². The molecule has 1 unspecified atom stereocenters. The lowest BCUT2D eigenvalue weighted by atomic mass is 10.0. The van der Waals surface area contributed by atoms with Crippen LogP contribution in [0.4, 0.5) is 0 Å². The van der Waals surface area contributed by atoms with Gasteiger partial charge in [-0.1, -0.05) is 26.7 Å². The third kappa shape index (κ3) is 2.92. The standard InChI is InChI=1S/C10H15NOS/c1-3-4-5-8(2)9(12)10-11-6-7-13-10/h6-8H,3-5H2,1-2H3. The number of Topliss-reactive ketones (excluding diaryl/α,β-unsaturated/α-hetero) is 1. The van der Waals surface area contributed by atoms with E-state index in [0.29, 0.717) is 5.01 Å². The van der Waals surface area contributed by atoms with E-state index in [1.54, 1.807) is 6.20 Å². The summed E-state index contributed by atoms with van der Waals surface area (Å²) in [6, 6.07) is 0. The first kappa shape index (κ1) is 10.4. The quantitative estimate of drug-likeness (QED) is 0.679. The highest BCUT2D eigenvalue weighted by atomic mass is 32.1. The van der Waals surface area contributed by atoms with Crippen LogP contribution in [0.2, 0.25) is 0 Å². The van der Waals surface area contributed by atoms with Gasteiger partial charge >= 0.3 is 0 Å². The average molecular weight is 197 g/mol. The van der Waals surface area contributed by atoms with Crippen LogP contribution >= 0.6 is 11.3 Å². The van der Waals surface area contributed by atoms with Crippen molar-refractivity contribution >= 4 is 17.1 Å². The van der Waals surface area contributed by atoms with Crippen LogP contribution in [0.3, 0.4) is 0 Å². The minimum atomic E-state index is 0.131. The summed E-state index contributed by atoms with van der Waals surface area (Å²) in [6.07, 6.45) is 4.94. The molecule has 1 atom stereocenters. The Hall–Kier alpha value is -0.700. The molecule has 1 rings (SSSR count). The maximum atomic E-state index is 11.7. The van der Waals surface area contributed by atoms with E-state index in [4.69, 9.17) is 0 Å². The number of carbonyl (C=O) groups is 1. The number of hydrogen-bond donors (Lipinski definition) is 0. The van der Waals surface area contributed by atoms with Gasteiger partial charge in [-0.25, -0.2) is 4.98 Å². The minimum Gasteiger partial charge on any atom is -0.291 e. The number of carbonyl (C=O) groups excluding carboxylic acids is 1. The Bertz CT molecular complexity index is 256. The number of nitrogens with zero attached hydrogens (tertiary/aromatic N) is 1. The van der Waals surface area contributed by atoms with Crippen molar-refractivity contribution in [2.75, 3.05) is 0 Å². The largest absolute Gasteiger partial charge is 0.291 e. The molecule has 0 radical (unpaired) electrons. The minimum absolute atomic E-state index is 0.131. The summed E-state index contributed by atoms with van der Waals surface area (Å²) < 4.78 is 0. The van der Waals surface area contributed by atoms with Crippen LogP contribution < -0.4 is 0 Å². The van der Waals surface area contributed by atoms with Gasteiger partial charge in [-0.2, -0.15) is 0 Å². The molecule has 0 aliphatic heterocycles. The van der Waals surface area contributed by atoms with Crippen molar-refractivity contribution in [1.82, 2.24) is 4.98 Å². The molecule has 2 nitrogen and oxygen atoms in total. The van der Waals surface area contributed by atoms with E-state index >= 15 is 0 Å². The van der Waals surface area contributed by atoms with Crippen LogP contribution in [0.15, 0.2) is 11.6 Å². The van der Waals surface area contributed by atoms with E-state index in [0.717, 1.165) is 19.3 Å². The van der Waals surface area contributed by atoms with E-state index < -0.39 is 0 Å². The van der Waals surface area contributed by atoms with E-state index in [9.17, 15) is 4.79 Å². The van der Waals surface area contributed by atoms with Crippen molar-refractivity contribution in [3.8, 4) is 0 Å². The van der Waals surface area contributed by atoms with E-state index in [1.807, 2.05) is 12.3 Å². The zero-order valence-electron chi connectivity index (χ0n) is 8.12. The summed E-state index contributed by atoms with van der Waals surface area (Å²) in [5, 5.41) is 2.50. The molecule has 1 aromatic rings. The lowest BCUT2D eigenvalue weighted by molar-refractivity contribution is 0.0922. The van der Waals surface area contributed by atoms with Crippen LogP contribution in [-0.2, 0) is 0 Å². The maximum absolute atomic E-state index is 11.7. The first-order valence-corrected chi connectivity index (χ1v) is 5.57. The van der Waals surface area contributed by atoms with Crippen molar-refractivity contribution in [3.05, 3.63) is 16.6 Å². The summed E-state index contributed by atoms with van der Waals surface area (Å²) >= 11 is 1.43. The topological polar surface area (TPSA) is 30.0 Å². The molecule has 0 fully saturated rings. The van der Waals surface area contributed by atoms with Gasteiger partial charge in [0.1, 0.15) is 0 Å². The first-order valence-electron chi connectivity index (χ1n) is 4.69. The molecule has 0 aliphatic carbocycles. The van der Waals surface area contributed by atoms with E-state index in [-0.39, 0.29) is 11.7 Å². The molecule has 0 bridgehead atoms. The fourth-order valence-electron chi connectivity index (χ4n) is 1.20. The Morgan fingerprint density at radius 3 is 3.00 bits per heavy atom. The molecule has 0 N–H and O–H groups in total. The molecule has 0 saturated heterocycles. The Kier molecular flexibility index (Phi) is 4.09. The lowest BCUT2D eigenvalue weighted by Crippen LogP contribution is -2.10. The van der Waals surface area contributed by atoms with Crippen LogP contribution in [0.5, 0.6) is 0 Å². The molecule has 1 heterocycles. The van der Waals surface area contributed by atoms with Gasteiger partial charge in [0.05, 0.1) is 0 Å². The summed E-state index contributed by atoms with van der Waals surface area (Å²) in [6.45, 7) is 4.12. The molecular formula is C10H15NOS. The molecule has 0 saturated carbocycles. The van der Waals surface area contributed by atoms with Gasteiger partial charge in [0.15, 0.2) is 10.8 Å².